The molecule has 0 saturated heterocycles. The van der Waals surface area contributed by atoms with Crippen molar-refractivity contribution in [1.82, 2.24) is 0 Å². The Morgan fingerprint density at radius 1 is 0.800 bits per heavy atom. The molecule has 0 amide bonds. The summed E-state index contributed by atoms with van der Waals surface area (Å²) in [6, 6.07) is 0. The molecule has 0 aromatic heterocycles. The highest BCUT2D eigenvalue weighted by Gasteiger charge is 2.00. The zero-order valence-corrected chi connectivity index (χ0v) is 16.0. The molecule has 0 aliphatic carbocycles. The van der Waals surface area contributed by atoms with Gasteiger partial charge in [0.05, 0.1) is 13.2 Å². The van der Waals surface area contributed by atoms with Gasteiger partial charge in [0.15, 0.2) is 5.78 Å². The molecule has 0 rings (SSSR count). The van der Waals surface area contributed by atoms with E-state index in [1.807, 2.05) is 31.2 Å². The van der Waals surface area contributed by atoms with E-state index in [1.54, 1.807) is 19.3 Å². The van der Waals surface area contributed by atoms with Gasteiger partial charge >= 0.3 is 5.97 Å². The van der Waals surface area contributed by atoms with Crippen LogP contribution in [0.1, 0.15) is 64.7 Å². The number of ketones is 1. The van der Waals surface area contributed by atoms with E-state index >= 15 is 0 Å². The van der Waals surface area contributed by atoms with Gasteiger partial charge in [-0.25, -0.2) is 0 Å². The van der Waals surface area contributed by atoms with Gasteiger partial charge < -0.3 is 9.47 Å². The van der Waals surface area contributed by atoms with Gasteiger partial charge in [0, 0.05) is 20.0 Å². The predicted molar refractivity (Wildman–Crippen MR) is 102 cm³/mol. The molecule has 0 aliphatic rings. The van der Waals surface area contributed by atoms with E-state index in [1.165, 1.54) is 13.5 Å². The maximum absolute atomic E-state index is 11.7. The molecule has 0 radical (unpaired) electrons. The van der Waals surface area contributed by atoms with Gasteiger partial charge in [0.2, 0.25) is 0 Å². The molecule has 0 aromatic carbocycles. The van der Waals surface area contributed by atoms with Gasteiger partial charge in [-0.1, -0.05) is 62.5 Å². The lowest BCUT2D eigenvalue weighted by atomic mass is 10.1. The number of hydrogen-bond acceptors (Lipinski definition) is 4. The second kappa shape index (κ2) is 17.2. The van der Waals surface area contributed by atoms with E-state index in [0.29, 0.717) is 12.8 Å². The molecule has 0 heterocycles. The van der Waals surface area contributed by atoms with Gasteiger partial charge in [-0.05, 0) is 25.8 Å². The number of allylic oxidation sites excluding steroid dienone is 5. The van der Waals surface area contributed by atoms with Crippen LogP contribution in [0.3, 0.4) is 0 Å². The summed E-state index contributed by atoms with van der Waals surface area (Å²) in [5, 5.41) is 0. The van der Waals surface area contributed by atoms with Crippen molar-refractivity contribution in [3.05, 3.63) is 36.5 Å². The molecule has 0 aliphatic heterocycles. The molecule has 1 atom stereocenters. The lowest BCUT2D eigenvalue weighted by Crippen LogP contribution is -1.99. The minimum atomic E-state index is -0.123. The largest absolute Gasteiger partial charge is 0.469 e. The van der Waals surface area contributed by atoms with Crippen molar-refractivity contribution in [3.63, 3.8) is 0 Å². The molecule has 4 heteroatoms. The molecule has 1 unspecified atom stereocenters. The second-order valence-corrected chi connectivity index (χ2v) is 6.09. The summed E-state index contributed by atoms with van der Waals surface area (Å²) in [7, 11) is 3.10. The highest BCUT2D eigenvalue weighted by Crippen LogP contribution is 2.10. The number of esters is 1. The average molecular weight is 350 g/mol. The van der Waals surface area contributed by atoms with E-state index in [0.717, 1.165) is 38.5 Å². The van der Waals surface area contributed by atoms with Crippen LogP contribution in [0.5, 0.6) is 0 Å². The number of hydrogen-bond donors (Lipinski definition) is 0. The Balaban J connectivity index is 3.52. The highest BCUT2D eigenvalue weighted by molar-refractivity contribution is 5.89. The Bertz CT molecular complexity index is 435. The molecule has 0 fully saturated rings. The average Bonchev–Trinajstić information content (AvgIpc) is 2.62. The Hall–Kier alpha value is -1.68. The van der Waals surface area contributed by atoms with Gasteiger partial charge in [-0.2, -0.15) is 0 Å². The van der Waals surface area contributed by atoms with Crippen LogP contribution >= 0.6 is 0 Å². The first-order chi connectivity index (χ1) is 12.1. The van der Waals surface area contributed by atoms with E-state index < -0.39 is 0 Å². The van der Waals surface area contributed by atoms with Crippen molar-refractivity contribution in [2.75, 3.05) is 14.2 Å². The molecule has 0 spiro atoms. The Morgan fingerprint density at radius 3 is 1.96 bits per heavy atom. The van der Waals surface area contributed by atoms with E-state index in [9.17, 15) is 9.59 Å². The number of carbonyl (C=O) groups is 2. The summed E-state index contributed by atoms with van der Waals surface area (Å²) in [6.45, 7) is 1.96. The van der Waals surface area contributed by atoms with Gasteiger partial charge in [-0.15, -0.1) is 0 Å². The normalized spacial score (nSPS) is 13.1. The smallest absolute Gasteiger partial charge is 0.305 e. The predicted octanol–water partition coefficient (Wildman–Crippen LogP) is 4.94. The first-order valence-corrected chi connectivity index (χ1v) is 9.24. The zero-order chi connectivity index (χ0) is 18.8. The molecular formula is C21H34O4. The van der Waals surface area contributed by atoms with Crippen LogP contribution in [0.2, 0.25) is 0 Å². The summed E-state index contributed by atoms with van der Waals surface area (Å²) in [5.74, 6) is 0.0546. The third-order valence-corrected chi connectivity index (χ3v) is 3.90. The van der Waals surface area contributed by atoms with Gasteiger partial charge in [0.25, 0.3) is 0 Å². The first-order valence-electron chi connectivity index (χ1n) is 9.24. The van der Waals surface area contributed by atoms with Crippen molar-refractivity contribution < 1.29 is 19.1 Å². The van der Waals surface area contributed by atoms with Crippen LogP contribution in [-0.2, 0) is 19.1 Å². The number of unbranched alkanes of at least 4 members (excludes halogenated alkanes) is 6. The van der Waals surface area contributed by atoms with Crippen molar-refractivity contribution >= 4 is 11.8 Å². The molecule has 25 heavy (non-hydrogen) atoms. The van der Waals surface area contributed by atoms with Crippen molar-refractivity contribution in [1.29, 1.82) is 0 Å². The number of ether oxygens (including phenoxy) is 2. The third kappa shape index (κ3) is 16.9. The quantitative estimate of drug-likeness (QED) is 0.182. The van der Waals surface area contributed by atoms with Crippen LogP contribution in [0.25, 0.3) is 0 Å². The molecule has 0 aromatic rings. The highest BCUT2D eigenvalue weighted by atomic mass is 16.5. The van der Waals surface area contributed by atoms with Crippen LogP contribution in [-0.4, -0.2) is 32.1 Å². The van der Waals surface area contributed by atoms with Crippen molar-refractivity contribution in [2.24, 2.45) is 0 Å². The fraction of sp³-hybridized carbons (Fsp3) is 0.619. The van der Waals surface area contributed by atoms with Crippen LogP contribution < -0.4 is 0 Å². The van der Waals surface area contributed by atoms with Gasteiger partial charge in [0.1, 0.15) is 0 Å². The van der Waals surface area contributed by atoms with Crippen molar-refractivity contribution in [3.8, 4) is 0 Å². The standard InChI is InChI=1S/C21H34O4/c1-19(24-2)15-11-9-10-13-17-20(22)16-12-7-5-4-6-8-14-18-21(23)25-3/h9-11,13,15,17,19H,4-8,12,14,16,18H2,1-3H3. The summed E-state index contributed by atoms with van der Waals surface area (Å²) >= 11 is 0. The first kappa shape index (κ1) is 23.3. The zero-order valence-electron chi connectivity index (χ0n) is 16.0. The number of carbonyl (C=O) groups excluding carboxylic acids is 2. The molecule has 0 N–H and O–H groups in total. The maximum Gasteiger partial charge on any atom is 0.305 e. The molecule has 4 nitrogen and oxygen atoms in total. The number of methoxy groups -OCH3 is 2. The summed E-state index contributed by atoms with van der Waals surface area (Å²) in [5.41, 5.74) is 0. The van der Waals surface area contributed by atoms with Crippen LogP contribution in [0.15, 0.2) is 36.5 Å². The second-order valence-electron chi connectivity index (χ2n) is 6.09. The van der Waals surface area contributed by atoms with Crippen LogP contribution in [0, 0.1) is 0 Å². The molecule has 0 bridgehead atoms. The number of rotatable bonds is 15. The van der Waals surface area contributed by atoms with Gasteiger partial charge in [-0.3, -0.25) is 9.59 Å². The lowest BCUT2D eigenvalue weighted by molar-refractivity contribution is -0.140. The van der Waals surface area contributed by atoms with Crippen LogP contribution in [0.4, 0.5) is 0 Å². The Morgan fingerprint density at radius 2 is 1.36 bits per heavy atom. The monoisotopic (exact) mass is 350 g/mol. The third-order valence-electron chi connectivity index (χ3n) is 3.90. The van der Waals surface area contributed by atoms with Crippen molar-refractivity contribution in [2.45, 2.75) is 70.8 Å². The van der Waals surface area contributed by atoms with E-state index in [4.69, 9.17) is 4.74 Å². The van der Waals surface area contributed by atoms with E-state index in [2.05, 4.69) is 4.74 Å². The fourth-order valence-electron chi connectivity index (χ4n) is 2.23. The maximum atomic E-state index is 11.7. The summed E-state index contributed by atoms with van der Waals surface area (Å²) < 4.78 is 9.69. The Kier molecular flexibility index (Phi) is 16.0. The minimum Gasteiger partial charge on any atom is -0.469 e. The molecular weight excluding hydrogens is 316 g/mol. The summed E-state index contributed by atoms with van der Waals surface area (Å²) in [6.07, 6.45) is 19.7. The Labute approximate surface area is 153 Å². The SMILES string of the molecule is COC(=O)CCCCCCCCCC(=O)C=CC=CC=CC(C)OC. The topological polar surface area (TPSA) is 52.6 Å². The fourth-order valence-corrected chi connectivity index (χ4v) is 2.23. The lowest BCUT2D eigenvalue weighted by Gasteiger charge is -2.01. The molecule has 0 saturated carbocycles. The minimum absolute atomic E-state index is 0.100. The summed E-state index contributed by atoms with van der Waals surface area (Å²) in [4.78, 5) is 22.6. The molecule has 142 valence electrons. The van der Waals surface area contributed by atoms with E-state index in [-0.39, 0.29) is 17.9 Å².